The molecule has 0 saturated carbocycles. The minimum atomic E-state index is -0.936. The van der Waals surface area contributed by atoms with Crippen molar-refractivity contribution in [2.45, 2.75) is 24.3 Å². The Labute approximate surface area is 230 Å². The normalized spacial score (nSPS) is 23.1. The predicted octanol–water partition coefficient (Wildman–Crippen LogP) is 4.43. The number of thioether (sulfide) groups is 1. The van der Waals surface area contributed by atoms with Crippen LogP contribution < -0.4 is 5.32 Å². The number of methoxy groups -OCH3 is 1. The van der Waals surface area contributed by atoms with Gasteiger partial charge in [0.1, 0.15) is 6.04 Å². The van der Waals surface area contributed by atoms with Gasteiger partial charge < -0.3 is 10.1 Å². The number of carbonyl (C=O) groups is 4. The maximum Gasteiger partial charge on any atom is 0.337 e. The number of rotatable bonds is 7. The Balaban J connectivity index is 1.34. The van der Waals surface area contributed by atoms with Crippen molar-refractivity contribution in [1.29, 1.82) is 0 Å². The molecule has 4 aliphatic rings. The van der Waals surface area contributed by atoms with E-state index in [0.29, 0.717) is 23.4 Å². The van der Waals surface area contributed by atoms with Crippen molar-refractivity contribution < 1.29 is 23.9 Å². The number of hydrogen-bond acceptors (Lipinski definition) is 6. The first kappa shape index (κ1) is 25.4. The van der Waals surface area contributed by atoms with Gasteiger partial charge in [0.15, 0.2) is 0 Å². The van der Waals surface area contributed by atoms with E-state index in [9.17, 15) is 19.2 Å². The van der Waals surface area contributed by atoms with Gasteiger partial charge in [0.2, 0.25) is 17.7 Å². The zero-order valence-electron chi connectivity index (χ0n) is 21.6. The molecule has 3 aromatic carbocycles. The van der Waals surface area contributed by atoms with E-state index >= 15 is 0 Å². The van der Waals surface area contributed by atoms with Crippen LogP contribution in [0.4, 0.5) is 5.69 Å². The van der Waals surface area contributed by atoms with E-state index in [2.05, 4.69) is 29.6 Å². The van der Waals surface area contributed by atoms with Crippen molar-refractivity contribution in [2.75, 3.05) is 24.4 Å². The fourth-order valence-corrected chi connectivity index (χ4v) is 7.11. The quantitative estimate of drug-likeness (QED) is 0.352. The maximum atomic E-state index is 14.1. The van der Waals surface area contributed by atoms with Gasteiger partial charge in [-0.1, -0.05) is 48.5 Å². The summed E-state index contributed by atoms with van der Waals surface area (Å²) in [5.74, 6) is -2.33. The van der Waals surface area contributed by atoms with Crippen molar-refractivity contribution in [1.82, 2.24) is 4.90 Å². The summed E-state index contributed by atoms with van der Waals surface area (Å²) in [6.07, 6.45) is 2.28. The van der Waals surface area contributed by atoms with Crippen molar-refractivity contribution in [3.63, 3.8) is 0 Å². The molecule has 39 heavy (non-hydrogen) atoms. The van der Waals surface area contributed by atoms with E-state index in [0.717, 1.165) is 22.3 Å². The van der Waals surface area contributed by atoms with Gasteiger partial charge in [-0.25, -0.2) is 4.79 Å². The van der Waals surface area contributed by atoms with E-state index in [1.54, 1.807) is 36.0 Å². The molecule has 1 fully saturated rings. The maximum absolute atomic E-state index is 14.1. The van der Waals surface area contributed by atoms with Crippen molar-refractivity contribution in [3.05, 3.63) is 101 Å². The fraction of sp³-hybridized carbons (Fsp3) is 0.290. The van der Waals surface area contributed by atoms with Crippen LogP contribution in [0, 0.1) is 11.8 Å². The number of ether oxygens (including phenoxy) is 1. The molecular formula is C31H28N2O5S. The molecular weight excluding hydrogens is 512 g/mol. The zero-order valence-corrected chi connectivity index (χ0v) is 22.4. The smallest absolute Gasteiger partial charge is 0.337 e. The van der Waals surface area contributed by atoms with Crippen LogP contribution in [0.5, 0.6) is 0 Å². The summed E-state index contributed by atoms with van der Waals surface area (Å²) in [5.41, 5.74) is 5.22. The highest BCUT2D eigenvalue weighted by molar-refractivity contribution is 7.98. The number of likely N-dealkylation sites (tertiary alicyclic amines) is 1. The number of benzene rings is 3. The van der Waals surface area contributed by atoms with Crippen LogP contribution in [0.2, 0.25) is 0 Å². The summed E-state index contributed by atoms with van der Waals surface area (Å²) in [6, 6.07) is 21.6. The average Bonchev–Trinajstić information content (AvgIpc) is 3.23. The molecule has 3 atom stereocenters. The third-order valence-corrected chi connectivity index (χ3v) is 8.91. The largest absolute Gasteiger partial charge is 0.465 e. The molecule has 0 aromatic heterocycles. The third kappa shape index (κ3) is 3.97. The number of carbonyl (C=O) groups excluding carboxylic acids is 4. The minimum Gasteiger partial charge on any atom is -0.465 e. The molecule has 1 heterocycles. The molecule has 1 N–H and O–H groups in total. The van der Waals surface area contributed by atoms with E-state index < -0.39 is 29.8 Å². The number of imide groups is 1. The predicted molar refractivity (Wildman–Crippen MR) is 149 cm³/mol. The third-order valence-electron chi connectivity index (χ3n) is 8.27. The Morgan fingerprint density at radius 1 is 0.846 bits per heavy atom. The van der Waals surface area contributed by atoms with Crippen LogP contribution >= 0.6 is 11.8 Å². The van der Waals surface area contributed by atoms with Gasteiger partial charge in [-0.05, 0) is 64.9 Å². The summed E-state index contributed by atoms with van der Waals surface area (Å²) in [6.45, 7) is 0. The number of esters is 1. The topological polar surface area (TPSA) is 92.8 Å². The molecule has 0 radical (unpaired) electrons. The minimum absolute atomic E-state index is 0.219. The number of hydrogen-bond donors (Lipinski definition) is 1. The van der Waals surface area contributed by atoms with Gasteiger partial charge in [-0.3, -0.25) is 19.3 Å². The molecule has 0 unspecified atom stereocenters. The second-order valence-corrected chi connectivity index (χ2v) is 11.2. The molecule has 1 saturated heterocycles. The van der Waals surface area contributed by atoms with Crippen LogP contribution in [0.3, 0.4) is 0 Å². The molecule has 3 amide bonds. The van der Waals surface area contributed by atoms with Crippen molar-refractivity contribution >= 4 is 41.1 Å². The Bertz CT molecular complexity index is 1370. The van der Waals surface area contributed by atoms with Crippen LogP contribution in [0.25, 0.3) is 0 Å². The first-order valence-corrected chi connectivity index (χ1v) is 14.4. The highest BCUT2D eigenvalue weighted by atomic mass is 32.2. The summed E-state index contributed by atoms with van der Waals surface area (Å²) in [7, 11) is 1.30. The number of nitrogens with one attached hydrogen (secondary N) is 1. The average molecular weight is 541 g/mol. The second-order valence-electron chi connectivity index (χ2n) is 10.2. The molecule has 1 aliphatic heterocycles. The van der Waals surface area contributed by atoms with Gasteiger partial charge in [0.25, 0.3) is 0 Å². The van der Waals surface area contributed by atoms with Crippen LogP contribution in [-0.4, -0.2) is 53.8 Å². The first-order valence-electron chi connectivity index (χ1n) is 13.0. The Morgan fingerprint density at radius 2 is 1.33 bits per heavy atom. The Kier molecular flexibility index (Phi) is 6.51. The highest BCUT2D eigenvalue weighted by Gasteiger charge is 2.62. The summed E-state index contributed by atoms with van der Waals surface area (Å²) < 4.78 is 4.74. The lowest BCUT2D eigenvalue weighted by atomic mass is 9.55. The van der Waals surface area contributed by atoms with Crippen LogP contribution in [-0.2, 0) is 19.1 Å². The van der Waals surface area contributed by atoms with Gasteiger partial charge in [-0.15, -0.1) is 0 Å². The van der Waals surface area contributed by atoms with Crippen LogP contribution in [0.15, 0.2) is 72.8 Å². The first-order chi connectivity index (χ1) is 19.0. The molecule has 3 aromatic rings. The summed E-state index contributed by atoms with van der Waals surface area (Å²) in [4.78, 5) is 54.9. The van der Waals surface area contributed by atoms with Gasteiger partial charge in [-0.2, -0.15) is 11.8 Å². The molecule has 198 valence electrons. The lowest BCUT2D eigenvalue weighted by molar-refractivity contribution is -0.146. The highest BCUT2D eigenvalue weighted by Crippen LogP contribution is 2.61. The zero-order chi connectivity index (χ0) is 27.3. The molecule has 8 heteroatoms. The lowest BCUT2D eigenvalue weighted by Gasteiger charge is -2.45. The lowest BCUT2D eigenvalue weighted by Crippen LogP contribution is -2.48. The van der Waals surface area contributed by atoms with Gasteiger partial charge in [0, 0.05) is 17.5 Å². The number of amides is 3. The van der Waals surface area contributed by atoms with E-state index in [1.165, 1.54) is 12.0 Å². The Morgan fingerprint density at radius 3 is 1.77 bits per heavy atom. The molecule has 7 nitrogen and oxygen atoms in total. The summed E-state index contributed by atoms with van der Waals surface area (Å²) >= 11 is 1.56. The molecule has 0 spiro atoms. The Hall–Kier alpha value is -3.91. The summed E-state index contributed by atoms with van der Waals surface area (Å²) in [5, 5.41) is 2.86. The van der Waals surface area contributed by atoms with Gasteiger partial charge in [0.05, 0.1) is 24.5 Å². The molecule has 2 bridgehead atoms. The fourth-order valence-electron chi connectivity index (χ4n) is 6.65. The van der Waals surface area contributed by atoms with E-state index in [4.69, 9.17) is 4.74 Å². The monoisotopic (exact) mass is 540 g/mol. The van der Waals surface area contributed by atoms with Gasteiger partial charge >= 0.3 is 5.97 Å². The number of nitrogens with zero attached hydrogens (tertiary/aromatic N) is 1. The SMILES string of the molecule is COC(=O)c1ccc(NC(=O)[C@H](CCSC)N2C(=O)[C@@H]3C4c5ccccc5C(c5ccccc54)[C@@H]3C2=O)cc1. The van der Waals surface area contributed by atoms with Crippen molar-refractivity contribution in [2.24, 2.45) is 11.8 Å². The molecule has 7 rings (SSSR count). The van der Waals surface area contributed by atoms with E-state index in [-0.39, 0.29) is 23.7 Å². The number of anilines is 1. The van der Waals surface area contributed by atoms with Crippen molar-refractivity contribution in [3.8, 4) is 0 Å². The second kappa shape index (κ2) is 10.0. The standard InChI is InChI=1S/C31H28N2O5S/c1-38-31(37)17-11-13-18(14-12-17)32-28(34)23(15-16-39-2)33-29(35)26-24-19-7-3-4-8-20(19)25(27(26)30(33)36)22-10-6-5-9-21(22)24/h3-14,23-27H,15-16H2,1-2H3,(H,32,34)/t23-,24?,25?,26-,27+/m0/s1. The van der Waals surface area contributed by atoms with E-state index in [1.807, 2.05) is 30.5 Å². The molecule has 3 aliphatic carbocycles. The van der Waals surface area contributed by atoms with Crippen LogP contribution in [0.1, 0.15) is 50.9 Å².